The number of carbonyl (C=O) groups excluding carboxylic acids is 1. The van der Waals surface area contributed by atoms with Crippen molar-refractivity contribution in [2.75, 3.05) is 7.05 Å². The summed E-state index contributed by atoms with van der Waals surface area (Å²) < 4.78 is 0. The van der Waals surface area contributed by atoms with Crippen molar-refractivity contribution in [3.63, 3.8) is 0 Å². The van der Waals surface area contributed by atoms with Crippen LogP contribution < -0.4 is 0 Å². The molecule has 0 aliphatic rings. The van der Waals surface area contributed by atoms with Gasteiger partial charge in [0, 0.05) is 19.9 Å². The fraction of sp³-hybridized carbons (Fsp3) is 0.300. The number of likely N-dealkylation sites (N-methyl/N-ethyl adjacent to an activating group) is 1. The molecule has 1 N–H and O–H groups in total. The minimum Gasteiger partial charge on any atom is -0.480 e. The van der Waals surface area contributed by atoms with Gasteiger partial charge >= 0.3 is 5.97 Å². The molecule has 0 fully saturated rings. The van der Waals surface area contributed by atoms with Crippen LogP contribution in [0.2, 0.25) is 0 Å². The molecule has 2 aromatic rings. The molecule has 0 saturated heterocycles. The lowest BCUT2D eigenvalue weighted by atomic mass is 10.0. The van der Waals surface area contributed by atoms with Crippen LogP contribution >= 0.6 is 0 Å². The number of rotatable bonds is 7. The van der Waals surface area contributed by atoms with E-state index >= 15 is 0 Å². The summed E-state index contributed by atoms with van der Waals surface area (Å²) in [7, 11) is 1.57. The number of nitrogens with zero attached hydrogens (tertiary/aromatic N) is 1. The summed E-state index contributed by atoms with van der Waals surface area (Å²) in [6, 6.07) is 16.5. The minimum atomic E-state index is -0.981. The van der Waals surface area contributed by atoms with Gasteiger partial charge in [-0.25, -0.2) is 4.79 Å². The summed E-state index contributed by atoms with van der Waals surface area (Å²) in [6.45, 7) is 2.01. The molecule has 126 valence electrons. The Labute approximate surface area is 142 Å². The van der Waals surface area contributed by atoms with E-state index in [1.807, 2.05) is 61.5 Å². The summed E-state index contributed by atoms with van der Waals surface area (Å²) in [4.78, 5) is 25.3. The lowest BCUT2D eigenvalue weighted by Crippen LogP contribution is -2.43. The third kappa shape index (κ3) is 4.95. The van der Waals surface area contributed by atoms with Gasteiger partial charge in [0.05, 0.1) is 0 Å². The van der Waals surface area contributed by atoms with Gasteiger partial charge in [0.25, 0.3) is 0 Å². The second-order valence-electron chi connectivity index (χ2n) is 6.04. The van der Waals surface area contributed by atoms with Crippen LogP contribution in [0, 0.1) is 6.92 Å². The second-order valence-corrected chi connectivity index (χ2v) is 6.04. The largest absolute Gasteiger partial charge is 0.480 e. The molecule has 0 aliphatic heterocycles. The fourth-order valence-electron chi connectivity index (χ4n) is 2.70. The molecular formula is C20H23NO3. The highest BCUT2D eigenvalue weighted by atomic mass is 16.4. The molecule has 1 unspecified atom stereocenters. The van der Waals surface area contributed by atoms with Crippen LogP contribution in [-0.4, -0.2) is 35.0 Å². The van der Waals surface area contributed by atoms with E-state index in [-0.39, 0.29) is 5.91 Å². The summed E-state index contributed by atoms with van der Waals surface area (Å²) in [5.74, 6) is -1.13. The normalized spacial score (nSPS) is 11.8. The molecule has 1 atom stereocenters. The molecule has 0 saturated carbocycles. The van der Waals surface area contributed by atoms with E-state index in [0.29, 0.717) is 19.3 Å². The Hall–Kier alpha value is -2.62. The van der Waals surface area contributed by atoms with Crippen LogP contribution in [0.25, 0.3) is 0 Å². The van der Waals surface area contributed by atoms with Crippen molar-refractivity contribution in [1.82, 2.24) is 4.90 Å². The number of hydrogen-bond donors (Lipinski definition) is 1. The summed E-state index contributed by atoms with van der Waals surface area (Å²) in [6.07, 6.45) is 1.23. The van der Waals surface area contributed by atoms with Crippen molar-refractivity contribution in [2.24, 2.45) is 0 Å². The van der Waals surface area contributed by atoms with Crippen LogP contribution in [0.5, 0.6) is 0 Å². The Balaban J connectivity index is 1.99. The van der Waals surface area contributed by atoms with E-state index in [1.165, 1.54) is 4.90 Å². The highest BCUT2D eigenvalue weighted by Gasteiger charge is 2.26. The molecule has 0 spiro atoms. The van der Waals surface area contributed by atoms with Crippen molar-refractivity contribution < 1.29 is 14.7 Å². The second kappa shape index (κ2) is 8.29. The lowest BCUT2D eigenvalue weighted by Gasteiger charge is -2.25. The first-order chi connectivity index (χ1) is 11.5. The van der Waals surface area contributed by atoms with Crippen LogP contribution in [0.3, 0.4) is 0 Å². The number of benzene rings is 2. The van der Waals surface area contributed by atoms with Crippen molar-refractivity contribution in [2.45, 2.75) is 32.2 Å². The third-order valence-electron chi connectivity index (χ3n) is 4.13. The van der Waals surface area contributed by atoms with Crippen LogP contribution in [0.15, 0.2) is 54.6 Å². The molecular weight excluding hydrogens is 302 g/mol. The van der Waals surface area contributed by atoms with Gasteiger partial charge in [0.15, 0.2) is 0 Å². The maximum Gasteiger partial charge on any atom is 0.326 e. The molecule has 4 heteroatoms. The van der Waals surface area contributed by atoms with Crippen molar-refractivity contribution >= 4 is 11.9 Å². The van der Waals surface area contributed by atoms with E-state index in [1.54, 1.807) is 7.05 Å². The van der Waals surface area contributed by atoms with Crippen molar-refractivity contribution in [1.29, 1.82) is 0 Å². The topological polar surface area (TPSA) is 57.6 Å². The summed E-state index contributed by atoms with van der Waals surface area (Å²) in [5.41, 5.74) is 3.15. The van der Waals surface area contributed by atoms with Crippen LogP contribution in [0.4, 0.5) is 0 Å². The number of hydrogen-bond acceptors (Lipinski definition) is 2. The molecule has 24 heavy (non-hydrogen) atoms. The first-order valence-electron chi connectivity index (χ1n) is 8.05. The first kappa shape index (κ1) is 17.7. The SMILES string of the molecule is Cc1cccc(CCC(=O)N(C)C(Cc2ccccc2)C(=O)O)c1. The highest BCUT2D eigenvalue weighted by Crippen LogP contribution is 2.12. The van der Waals surface area contributed by atoms with Gasteiger partial charge in [-0.1, -0.05) is 60.2 Å². The predicted molar refractivity (Wildman–Crippen MR) is 93.8 cm³/mol. The van der Waals surface area contributed by atoms with E-state index in [0.717, 1.165) is 16.7 Å². The summed E-state index contributed by atoms with van der Waals surface area (Å²) in [5, 5.41) is 9.48. The molecule has 0 heterocycles. The van der Waals surface area contributed by atoms with Crippen molar-refractivity contribution in [3.8, 4) is 0 Å². The van der Waals surface area contributed by atoms with Gasteiger partial charge in [-0.05, 0) is 24.5 Å². The maximum atomic E-state index is 12.4. The van der Waals surface area contributed by atoms with Crippen LogP contribution in [-0.2, 0) is 22.4 Å². The number of aliphatic carboxylic acids is 1. The molecule has 1 amide bonds. The van der Waals surface area contributed by atoms with Gasteiger partial charge in [-0.2, -0.15) is 0 Å². The average molecular weight is 325 g/mol. The number of aryl methyl sites for hydroxylation is 2. The van der Waals surface area contributed by atoms with E-state index in [4.69, 9.17) is 0 Å². The molecule has 0 radical (unpaired) electrons. The quantitative estimate of drug-likeness (QED) is 0.851. The van der Waals surface area contributed by atoms with E-state index in [2.05, 4.69) is 0 Å². The van der Waals surface area contributed by atoms with Gasteiger partial charge < -0.3 is 10.0 Å². The Bertz CT molecular complexity index is 697. The smallest absolute Gasteiger partial charge is 0.326 e. The Morgan fingerprint density at radius 3 is 2.33 bits per heavy atom. The number of amides is 1. The predicted octanol–water partition coefficient (Wildman–Crippen LogP) is 3.08. The van der Waals surface area contributed by atoms with Gasteiger partial charge in [0.1, 0.15) is 6.04 Å². The zero-order valence-electron chi connectivity index (χ0n) is 14.1. The summed E-state index contributed by atoms with van der Waals surface area (Å²) >= 11 is 0. The average Bonchev–Trinajstić information content (AvgIpc) is 2.57. The number of carbonyl (C=O) groups is 2. The lowest BCUT2D eigenvalue weighted by molar-refractivity contribution is -0.149. The molecule has 0 aliphatic carbocycles. The van der Waals surface area contributed by atoms with E-state index in [9.17, 15) is 14.7 Å². The first-order valence-corrected chi connectivity index (χ1v) is 8.05. The molecule has 0 bridgehead atoms. The Morgan fingerprint density at radius 1 is 1.04 bits per heavy atom. The maximum absolute atomic E-state index is 12.4. The van der Waals surface area contributed by atoms with Crippen LogP contribution in [0.1, 0.15) is 23.1 Å². The zero-order chi connectivity index (χ0) is 17.5. The zero-order valence-corrected chi connectivity index (χ0v) is 14.1. The molecule has 2 aromatic carbocycles. The Kier molecular flexibility index (Phi) is 6.13. The third-order valence-corrected chi connectivity index (χ3v) is 4.13. The van der Waals surface area contributed by atoms with Gasteiger partial charge in [-0.15, -0.1) is 0 Å². The number of carboxylic acids is 1. The molecule has 2 rings (SSSR count). The Morgan fingerprint density at radius 2 is 1.71 bits per heavy atom. The van der Waals surface area contributed by atoms with E-state index < -0.39 is 12.0 Å². The highest BCUT2D eigenvalue weighted by molar-refractivity contribution is 5.83. The molecule has 0 aromatic heterocycles. The molecule has 4 nitrogen and oxygen atoms in total. The van der Waals surface area contributed by atoms with Gasteiger partial charge in [-0.3, -0.25) is 4.79 Å². The fourth-order valence-corrected chi connectivity index (χ4v) is 2.70. The standard InChI is InChI=1S/C20H23NO3/c1-15-7-6-10-17(13-15)11-12-19(22)21(2)18(20(23)24)14-16-8-4-3-5-9-16/h3-10,13,18H,11-12,14H2,1-2H3,(H,23,24). The monoisotopic (exact) mass is 325 g/mol. The van der Waals surface area contributed by atoms with Crippen molar-refractivity contribution in [3.05, 3.63) is 71.3 Å². The van der Waals surface area contributed by atoms with Gasteiger partial charge in [0.2, 0.25) is 5.91 Å². The number of carboxylic acid groups (broad SMARTS) is 1. The minimum absolute atomic E-state index is 0.153.